The fourth-order valence-corrected chi connectivity index (χ4v) is 2.41. The number of rotatable bonds is 7. The summed E-state index contributed by atoms with van der Waals surface area (Å²) in [6, 6.07) is 5.77. The first-order valence-corrected chi connectivity index (χ1v) is 7.99. The van der Waals surface area contributed by atoms with Gasteiger partial charge >= 0.3 is 0 Å². The van der Waals surface area contributed by atoms with Crippen molar-refractivity contribution in [2.75, 3.05) is 48.4 Å². The molecule has 0 saturated carbocycles. The number of hydrogen-bond donors (Lipinski definition) is 0. The minimum absolute atomic E-state index is 0.0832. The molecule has 0 radical (unpaired) electrons. The zero-order valence-electron chi connectivity index (χ0n) is 14.3. The van der Waals surface area contributed by atoms with Crippen molar-refractivity contribution in [1.29, 1.82) is 0 Å². The summed E-state index contributed by atoms with van der Waals surface area (Å²) in [6.45, 7) is 0.885. The zero-order chi connectivity index (χ0) is 17.6. The molecule has 128 valence electrons. The lowest BCUT2D eigenvalue weighted by Crippen LogP contribution is -2.42. The lowest BCUT2D eigenvalue weighted by atomic mass is 10.2. The van der Waals surface area contributed by atoms with Gasteiger partial charge in [-0.05, 0) is 25.2 Å². The maximum absolute atomic E-state index is 12.2. The van der Waals surface area contributed by atoms with Gasteiger partial charge in [0, 0.05) is 37.7 Å². The SMILES string of the molecule is COc1ccc(Br)cc1CN(C)CC(=O)N(C)CC(=O)N(C)C. The van der Waals surface area contributed by atoms with Crippen molar-refractivity contribution in [3.63, 3.8) is 0 Å². The molecular formula is C16H24BrN3O3. The van der Waals surface area contributed by atoms with Crippen LogP contribution in [0.3, 0.4) is 0 Å². The van der Waals surface area contributed by atoms with Gasteiger partial charge in [-0.15, -0.1) is 0 Å². The summed E-state index contributed by atoms with van der Waals surface area (Å²) in [5, 5.41) is 0. The van der Waals surface area contributed by atoms with Crippen LogP contribution in [0.4, 0.5) is 0 Å². The van der Waals surface area contributed by atoms with E-state index in [9.17, 15) is 9.59 Å². The molecule has 0 unspecified atom stereocenters. The van der Waals surface area contributed by atoms with E-state index in [1.54, 1.807) is 28.3 Å². The fraction of sp³-hybridized carbons (Fsp3) is 0.500. The van der Waals surface area contributed by atoms with Crippen LogP contribution in [0.2, 0.25) is 0 Å². The fourth-order valence-electron chi connectivity index (χ4n) is 2.00. The molecule has 0 fully saturated rings. The van der Waals surface area contributed by atoms with E-state index in [4.69, 9.17) is 4.74 Å². The standard InChI is InChI=1S/C16H24BrN3O3/c1-18(2)15(21)11-20(4)16(22)10-19(3)9-12-8-13(17)6-7-14(12)23-5/h6-8H,9-11H2,1-5H3. The second-order valence-electron chi connectivity index (χ2n) is 5.67. The number of ether oxygens (including phenoxy) is 1. The van der Waals surface area contributed by atoms with Crippen LogP contribution in [-0.2, 0) is 16.1 Å². The van der Waals surface area contributed by atoms with Crippen molar-refractivity contribution < 1.29 is 14.3 Å². The predicted octanol–water partition coefficient (Wildman–Crippen LogP) is 1.44. The molecule has 0 aliphatic heterocycles. The highest BCUT2D eigenvalue weighted by Crippen LogP contribution is 2.23. The van der Waals surface area contributed by atoms with Crippen molar-refractivity contribution in [2.45, 2.75) is 6.54 Å². The summed E-state index contributed by atoms with van der Waals surface area (Å²) in [5.41, 5.74) is 0.990. The number of methoxy groups -OCH3 is 1. The predicted molar refractivity (Wildman–Crippen MR) is 93.4 cm³/mol. The van der Waals surface area contributed by atoms with E-state index < -0.39 is 0 Å². The average molecular weight is 386 g/mol. The molecule has 7 heteroatoms. The van der Waals surface area contributed by atoms with E-state index in [2.05, 4.69) is 15.9 Å². The van der Waals surface area contributed by atoms with Crippen LogP contribution in [0.25, 0.3) is 0 Å². The Balaban J connectivity index is 2.62. The number of nitrogens with zero attached hydrogens (tertiary/aromatic N) is 3. The number of hydrogen-bond acceptors (Lipinski definition) is 4. The van der Waals surface area contributed by atoms with Gasteiger partial charge in [0.25, 0.3) is 0 Å². The highest BCUT2D eigenvalue weighted by atomic mass is 79.9. The third-order valence-electron chi connectivity index (χ3n) is 3.38. The molecule has 0 N–H and O–H groups in total. The molecule has 0 saturated heterocycles. The van der Waals surface area contributed by atoms with Gasteiger partial charge < -0.3 is 14.5 Å². The van der Waals surface area contributed by atoms with Crippen LogP contribution in [0.15, 0.2) is 22.7 Å². The second-order valence-corrected chi connectivity index (χ2v) is 6.58. The molecule has 0 aliphatic rings. The summed E-state index contributed by atoms with van der Waals surface area (Å²) >= 11 is 3.44. The Labute approximate surface area is 146 Å². The zero-order valence-corrected chi connectivity index (χ0v) is 15.9. The van der Waals surface area contributed by atoms with E-state index in [-0.39, 0.29) is 24.9 Å². The van der Waals surface area contributed by atoms with E-state index in [1.807, 2.05) is 30.1 Å². The summed E-state index contributed by atoms with van der Waals surface area (Å²) in [5.74, 6) is 0.581. The summed E-state index contributed by atoms with van der Waals surface area (Å²) in [7, 11) is 8.47. The third kappa shape index (κ3) is 6.19. The molecule has 6 nitrogen and oxygen atoms in total. The molecule has 0 aliphatic carbocycles. The van der Waals surface area contributed by atoms with Crippen LogP contribution in [0, 0.1) is 0 Å². The second kappa shape index (κ2) is 8.88. The highest BCUT2D eigenvalue weighted by molar-refractivity contribution is 9.10. The Bertz CT molecular complexity index is 564. The van der Waals surface area contributed by atoms with E-state index in [0.29, 0.717) is 6.54 Å². The molecule has 0 aromatic heterocycles. The number of halogens is 1. The van der Waals surface area contributed by atoms with Crippen LogP contribution in [0.1, 0.15) is 5.56 Å². The lowest BCUT2D eigenvalue weighted by molar-refractivity contribution is -0.138. The molecule has 0 bridgehead atoms. The van der Waals surface area contributed by atoms with Gasteiger partial charge in [0.15, 0.2) is 0 Å². The largest absolute Gasteiger partial charge is 0.496 e. The van der Waals surface area contributed by atoms with Crippen molar-refractivity contribution in [2.24, 2.45) is 0 Å². The molecule has 0 atom stereocenters. The van der Waals surface area contributed by atoms with Gasteiger partial charge in [0.1, 0.15) is 5.75 Å². The molecule has 2 amide bonds. The van der Waals surface area contributed by atoms with Gasteiger partial charge in [-0.1, -0.05) is 15.9 Å². The first-order valence-electron chi connectivity index (χ1n) is 7.19. The van der Waals surface area contributed by atoms with Crippen molar-refractivity contribution in [3.8, 4) is 5.75 Å². The van der Waals surface area contributed by atoms with Crippen LogP contribution in [-0.4, -0.2) is 74.9 Å². The molecular weight excluding hydrogens is 362 g/mol. The molecule has 1 rings (SSSR count). The van der Waals surface area contributed by atoms with Gasteiger partial charge in [-0.2, -0.15) is 0 Å². The van der Waals surface area contributed by atoms with E-state index >= 15 is 0 Å². The molecule has 1 aromatic carbocycles. The van der Waals surface area contributed by atoms with Gasteiger partial charge in [-0.25, -0.2) is 0 Å². The Hall–Kier alpha value is -1.60. The van der Waals surface area contributed by atoms with E-state index in [1.165, 1.54) is 9.80 Å². The van der Waals surface area contributed by atoms with E-state index in [0.717, 1.165) is 15.8 Å². The summed E-state index contributed by atoms with van der Waals surface area (Å²) in [6.07, 6.45) is 0. The number of likely N-dealkylation sites (N-methyl/N-ethyl adjacent to an activating group) is 3. The summed E-state index contributed by atoms with van der Waals surface area (Å²) in [4.78, 5) is 28.7. The number of benzene rings is 1. The van der Waals surface area contributed by atoms with Crippen LogP contribution in [0.5, 0.6) is 5.75 Å². The van der Waals surface area contributed by atoms with Crippen molar-refractivity contribution in [1.82, 2.24) is 14.7 Å². The lowest BCUT2D eigenvalue weighted by Gasteiger charge is -2.23. The first kappa shape index (κ1) is 19.4. The highest BCUT2D eigenvalue weighted by Gasteiger charge is 2.16. The minimum Gasteiger partial charge on any atom is -0.496 e. The third-order valence-corrected chi connectivity index (χ3v) is 3.88. The molecule has 23 heavy (non-hydrogen) atoms. The average Bonchev–Trinajstić information content (AvgIpc) is 2.46. The number of carbonyl (C=O) groups excluding carboxylic acids is 2. The Morgan fingerprint density at radius 3 is 2.30 bits per heavy atom. The summed E-state index contributed by atoms with van der Waals surface area (Å²) < 4.78 is 6.30. The van der Waals surface area contributed by atoms with Crippen LogP contribution < -0.4 is 4.74 Å². The molecule has 0 heterocycles. The number of carbonyl (C=O) groups is 2. The molecule has 1 aromatic rings. The maximum Gasteiger partial charge on any atom is 0.241 e. The smallest absolute Gasteiger partial charge is 0.241 e. The van der Waals surface area contributed by atoms with Gasteiger partial charge in [0.2, 0.25) is 11.8 Å². The normalized spacial score (nSPS) is 10.6. The quantitative estimate of drug-likeness (QED) is 0.712. The Kier molecular flexibility index (Phi) is 7.51. The Morgan fingerprint density at radius 1 is 1.09 bits per heavy atom. The van der Waals surface area contributed by atoms with Crippen LogP contribution >= 0.6 is 15.9 Å². The minimum atomic E-state index is -0.100. The van der Waals surface area contributed by atoms with Gasteiger partial charge in [0.05, 0.1) is 20.2 Å². The molecule has 0 spiro atoms. The number of amides is 2. The van der Waals surface area contributed by atoms with Crippen molar-refractivity contribution in [3.05, 3.63) is 28.2 Å². The van der Waals surface area contributed by atoms with Gasteiger partial charge in [-0.3, -0.25) is 14.5 Å². The first-order chi connectivity index (χ1) is 10.7. The Morgan fingerprint density at radius 2 is 1.74 bits per heavy atom. The topological polar surface area (TPSA) is 53.1 Å². The van der Waals surface area contributed by atoms with Crippen molar-refractivity contribution >= 4 is 27.7 Å². The maximum atomic E-state index is 12.2. The monoisotopic (exact) mass is 385 g/mol.